The number of benzene rings is 2. The number of ether oxygens (including phenoxy) is 1. The summed E-state index contributed by atoms with van der Waals surface area (Å²) in [4.78, 5) is 16.5. The number of nitrogens with one attached hydrogen (secondary N) is 3. The number of amides is 1. The van der Waals surface area contributed by atoms with Crippen LogP contribution in [0.2, 0.25) is 0 Å². The first kappa shape index (κ1) is 20.1. The van der Waals surface area contributed by atoms with Gasteiger partial charge < -0.3 is 20.8 Å². The lowest BCUT2D eigenvalue weighted by atomic mass is 10.0. The molecular weight excluding hydrogens is 364 g/mol. The van der Waals surface area contributed by atoms with Gasteiger partial charge in [0.05, 0.1) is 5.69 Å². The van der Waals surface area contributed by atoms with E-state index in [0.717, 1.165) is 28.1 Å². The van der Waals surface area contributed by atoms with E-state index in [1.165, 1.54) is 6.21 Å². The largest absolute Gasteiger partial charge is 0.457 e. The summed E-state index contributed by atoms with van der Waals surface area (Å²) in [5.74, 6) is 1.25. The molecule has 3 rings (SSSR count). The maximum Gasteiger partial charge on any atom is 0.251 e. The summed E-state index contributed by atoms with van der Waals surface area (Å²) in [7, 11) is 1.81. The molecule has 3 N–H and O–H groups in total. The summed E-state index contributed by atoms with van der Waals surface area (Å²) in [5, 5.41) is 13.3. The highest BCUT2D eigenvalue weighted by Crippen LogP contribution is 2.29. The third-order valence-electron chi connectivity index (χ3n) is 4.52. The van der Waals surface area contributed by atoms with E-state index in [1.54, 1.807) is 12.3 Å². The van der Waals surface area contributed by atoms with Gasteiger partial charge in [0.15, 0.2) is 0 Å². The van der Waals surface area contributed by atoms with Crippen LogP contribution in [0, 0.1) is 12.3 Å². The lowest BCUT2D eigenvalue weighted by molar-refractivity contribution is 0.0955. The Morgan fingerprint density at radius 3 is 2.62 bits per heavy atom. The Bertz CT molecular complexity index is 1050. The van der Waals surface area contributed by atoms with Crippen molar-refractivity contribution in [3.8, 4) is 22.8 Å². The topological polar surface area (TPSA) is 87.1 Å². The Labute approximate surface area is 170 Å². The monoisotopic (exact) mass is 388 g/mol. The second-order valence-corrected chi connectivity index (χ2v) is 6.51. The molecule has 0 radical (unpaired) electrons. The molecule has 0 saturated carbocycles. The van der Waals surface area contributed by atoms with Gasteiger partial charge in [-0.1, -0.05) is 6.07 Å². The smallest absolute Gasteiger partial charge is 0.251 e. The lowest BCUT2D eigenvalue weighted by Gasteiger charge is -2.11. The van der Waals surface area contributed by atoms with Crippen LogP contribution in [-0.4, -0.2) is 30.7 Å². The highest BCUT2D eigenvalue weighted by molar-refractivity contribution is 5.96. The van der Waals surface area contributed by atoms with Gasteiger partial charge in [0.25, 0.3) is 5.91 Å². The van der Waals surface area contributed by atoms with E-state index in [4.69, 9.17) is 10.1 Å². The van der Waals surface area contributed by atoms with Crippen molar-refractivity contribution in [3.05, 3.63) is 71.4 Å². The zero-order chi connectivity index (χ0) is 20.8. The van der Waals surface area contributed by atoms with E-state index in [9.17, 15) is 4.79 Å². The van der Waals surface area contributed by atoms with Gasteiger partial charge in [0.1, 0.15) is 11.5 Å². The maximum atomic E-state index is 12.1. The van der Waals surface area contributed by atoms with Gasteiger partial charge in [-0.15, -0.1) is 0 Å². The number of anilines is 1. The number of hydrogen-bond acceptors (Lipinski definition) is 5. The quantitative estimate of drug-likeness (QED) is 0.515. The third-order valence-corrected chi connectivity index (χ3v) is 4.52. The van der Waals surface area contributed by atoms with Gasteiger partial charge >= 0.3 is 0 Å². The van der Waals surface area contributed by atoms with E-state index in [0.29, 0.717) is 23.6 Å². The Kier molecular flexibility index (Phi) is 6.24. The molecule has 1 heterocycles. The molecule has 0 spiro atoms. The number of aryl methyl sites for hydroxylation is 1. The van der Waals surface area contributed by atoms with Crippen LogP contribution >= 0.6 is 0 Å². The number of carbonyl (C=O) groups excluding carboxylic acids is 1. The standard InChI is InChI=1S/C23H24N4O2/c1-4-26-23(28)20-8-6-16(11-15(20)2)22-13-19(9-10-27-22)29-18-7-5-17(14-24)21(12-18)25-3/h5-14,24-25H,4H2,1-3H3,(H,26,28). The summed E-state index contributed by atoms with van der Waals surface area (Å²) >= 11 is 0. The van der Waals surface area contributed by atoms with Crippen molar-refractivity contribution >= 4 is 17.8 Å². The Balaban J connectivity index is 1.85. The molecular formula is C23H24N4O2. The number of hydrogen-bond donors (Lipinski definition) is 3. The second kappa shape index (κ2) is 9.01. The molecule has 0 atom stereocenters. The fraction of sp³-hybridized carbons (Fsp3) is 0.174. The molecule has 0 aliphatic heterocycles. The van der Waals surface area contributed by atoms with E-state index < -0.39 is 0 Å². The predicted molar refractivity (Wildman–Crippen MR) is 116 cm³/mol. The van der Waals surface area contributed by atoms with Crippen LogP contribution < -0.4 is 15.4 Å². The van der Waals surface area contributed by atoms with E-state index in [1.807, 2.05) is 63.4 Å². The minimum absolute atomic E-state index is 0.0738. The molecule has 0 aliphatic carbocycles. The van der Waals surface area contributed by atoms with E-state index in [2.05, 4.69) is 15.6 Å². The van der Waals surface area contributed by atoms with Crippen molar-refractivity contribution in [2.75, 3.05) is 18.9 Å². The molecule has 6 heteroatoms. The van der Waals surface area contributed by atoms with Gasteiger partial charge in [0.2, 0.25) is 0 Å². The number of carbonyl (C=O) groups is 1. The van der Waals surface area contributed by atoms with Gasteiger partial charge in [-0.3, -0.25) is 9.78 Å². The first-order chi connectivity index (χ1) is 14.0. The fourth-order valence-electron chi connectivity index (χ4n) is 3.04. The number of rotatable bonds is 7. The number of aromatic nitrogens is 1. The van der Waals surface area contributed by atoms with E-state index in [-0.39, 0.29) is 5.91 Å². The van der Waals surface area contributed by atoms with Crippen LogP contribution in [0.5, 0.6) is 11.5 Å². The first-order valence-corrected chi connectivity index (χ1v) is 9.41. The van der Waals surface area contributed by atoms with E-state index >= 15 is 0 Å². The normalized spacial score (nSPS) is 10.3. The van der Waals surface area contributed by atoms with Crippen molar-refractivity contribution in [2.45, 2.75) is 13.8 Å². The zero-order valence-corrected chi connectivity index (χ0v) is 16.7. The summed E-state index contributed by atoms with van der Waals surface area (Å²) in [6.45, 7) is 4.41. The molecule has 29 heavy (non-hydrogen) atoms. The van der Waals surface area contributed by atoms with Crippen molar-refractivity contribution in [2.24, 2.45) is 0 Å². The Morgan fingerprint density at radius 1 is 1.14 bits per heavy atom. The molecule has 1 aromatic heterocycles. The maximum absolute atomic E-state index is 12.1. The van der Waals surface area contributed by atoms with Crippen LogP contribution in [0.3, 0.4) is 0 Å². The molecule has 0 unspecified atom stereocenters. The SMILES string of the molecule is CCNC(=O)c1ccc(-c2cc(Oc3ccc(C=N)c(NC)c3)ccn2)cc1C. The molecule has 0 saturated heterocycles. The van der Waals surface area contributed by atoms with Gasteiger partial charge in [-0.25, -0.2) is 0 Å². The fourth-order valence-corrected chi connectivity index (χ4v) is 3.04. The van der Waals surface area contributed by atoms with Crippen LogP contribution in [-0.2, 0) is 0 Å². The minimum Gasteiger partial charge on any atom is -0.457 e. The zero-order valence-electron chi connectivity index (χ0n) is 16.7. The van der Waals surface area contributed by atoms with Crippen molar-refractivity contribution in [1.29, 1.82) is 5.41 Å². The van der Waals surface area contributed by atoms with Crippen LogP contribution in [0.25, 0.3) is 11.3 Å². The number of nitrogens with zero attached hydrogens (tertiary/aromatic N) is 1. The summed E-state index contributed by atoms with van der Waals surface area (Å²) in [5.41, 5.74) is 4.84. The minimum atomic E-state index is -0.0738. The Morgan fingerprint density at radius 2 is 1.93 bits per heavy atom. The van der Waals surface area contributed by atoms with Crippen molar-refractivity contribution in [3.63, 3.8) is 0 Å². The molecule has 0 bridgehead atoms. The average Bonchev–Trinajstić information content (AvgIpc) is 2.74. The summed E-state index contributed by atoms with van der Waals surface area (Å²) in [6, 6.07) is 14.8. The summed E-state index contributed by atoms with van der Waals surface area (Å²) < 4.78 is 5.99. The first-order valence-electron chi connectivity index (χ1n) is 9.41. The lowest BCUT2D eigenvalue weighted by Crippen LogP contribution is -2.23. The molecule has 6 nitrogen and oxygen atoms in total. The molecule has 148 valence electrons. The van der Waals surface area contributed by atoms with Crippen LogP contribution in [0.15, 0.2) is 54.7 Å². The average molecular weight is 388 g/mol. The molecule has 0 fully saturated rings. The van der Waals surface area contributed by atoms with Crippen molar-refractivity contribution < 1.29 is 9.53 Å². The van der Waals surface area contributed by atoms with Crippen LogP contribution in [0.1, 0.15) is 28.4 Å². The van der Waals surface area contributed by atoms with Gasteiger partial charge in [0, 0.05) is 60.5 Å². The summed E-state index contributed by atoms with van der Waals surface area (Å²) in [6.07, 6.45) is 3.00. The second-order valence-electron chi connectivity index (χ2n) is 6.51. The van der Waals surface area contributed by atoms with Crippen LogP contribution in [0.4, 0.5) is 5.69 Å². The highest BCUT2D eigenvalue weighted by atomic mass is 16.5. The molecule has 0 aliphatic rings. The molecule has 1 amide bonds. The van der Waals surface area contributed by atoms with Gasteiger partial charge in [-0.05, 0) is 49.7 Å². The van der Waals surface area contributed by atoms with Gasteiger partial charge in [-0.2, -0.15) is 0 Å². The molecule has 3 aromatic rings. The predicted octanol–water partition coefficient (Wildman–Crippen LogP) is 4.64. The van der Waals surface area contributed by atoms with Crippen molar-refractivity contribution in [1.82, 2.24) is 10.3 Å². The molecule has 2 aromatic carbocycles. The highest BCUT2D eigenvalue weighted by Gasteiger charge is 2.10. The third kappa shape index (κ3) is 4.60. The number of pyridine rings is 1. The Hall–Kier alpha value is -3.67.